The Morgan fingerprint density at radius 3 is 2.62 bits per heavy atom. The van der Waals surface area contributed by atoms with E-state index in [1.165, 1.54) is 11.3 Å². The van der Waals surface area contributed by atoms with E-state index in [2.05, 4.69) is 23.6 Å². The number of fused-ring (bicyclic) bond motifs is 2. The van der Waals surface area contributed by atoms with Crippen LogP contribution in [0.2, 0.25) is 0 Å². The Labute approximate surface area is 200 Å². The van der Waals surface area contributed by atoms with Gasteiger partial charge in [-0.2, -0.15) is 0 Å². The van der Waals surface area contributed by atoms with Crippen LogP contribution in [0.15, 0.2) is 42.0 Å². The highest BCUT2D eigenvalue weighted by molar-refractivity contribution is 5.90. The van der Waals surface area contributed by atoms with Gasteiger partial charge in [-0.3, -0.25) is 4.79 Å². The molecule has 2 fully saturated rings. The van der Waals surface area contributed by atoms with Gasteiger partial charge < -0.3 is 29.7 Å². The van der Waals surface area contributed by atoms with Crippen molar-refractivity contribution in [1.29, 1.82) is 0 Å². The van der Waals surface area contributed by atoms with E-state index in [1.807, 2.05) is 35.2 Å². The van der Waals surface area contributed by atoms with Crippen LogP contribution in [0.25, 0.3) is 5.70 Å². The maximum Gasteiger partial charge on any atom is 0.245 e. The van der Waals surface area contributed by atoms with Crippen LogP contribution >= 0.6 is 0 Å². The number of nitrogens with zero attached hydrogens (tertiary/aromatic N) is 1. The van der Waals surface area contributed by atoms with Gasteiger partial charge in [-0.1, -0.05) is 19.1 Å². The van der Waals surface area contributed by atoms with E-state index in [9.17, 15) is 4.79 Å². The Hall–Kier alpha value is -3.35. The molecule has 2 aromatic rings. The number of benzene rings is 2. The molecule has 0 aromatic heterocycles. The smallest absolute Gasteiger partial charge is 0.245 e. The number of para-hydroxylation sites is 1. The van der Waals surface area contributed by atoms with Gasteiger partial charge in [-0.25, -0.2) is 0 Å². The molecule has 0 bridgehead atoms. The predicted octanol–water partition coefficient (Wildman–Crippen LogP) is 4.11. The summed E-state index contributed by atoms with van der Waals surface area (Å²) < 4.78 is 17.5. The molecule has 2 atom stereocenters. The number of carbonyl (C=O) groups excluding carboxylic acids is 1. The lowest BCUT2D eigenvalue weighted by Crippen LogP contribution is -2.60. The minimum absolute atomic E-state index is 0.0885. The molecule has 2 N–H and O–H groups in total. The number of piperidine rings is 1. The largest absolute Gasteiger partial charge is 0.497 e. The Kier molecular flexibility index (Phi) is 4.90. The first kappa shape index (κ1) is 21.2. The third-order valence-corrected chi connectivity index (χ3v) is 7.69. The lowest BCUT2D eigenvalue weighted by atomic mass is 9.93. The lowest BCUT2D eigenvalue weighted by Gasteiger charge is -2.46. The van der Waals surface area contributed by atoms with Crippen LogP contribution in [0.3, 0.4) is 0 Å². The van der Waals surface area contributed by atoms with Gasteiger partial charge in [0.25, 0.3) is 0 Å². The summed E-state index contributed by atoms with van der Waals surface area (Å²) in [4.78, 5) is 15.5. The molecule has 4 aliphatic rings. The first-order chi connectivity index (χ1) is 16.5. The van der Waals surface area contributed by atoms with E-state index >= 15 is 0 Å². The van der Waals surface area contributed by atoms with Crippen LogP contribution in [0, 0.1) is 0 Å². The summed E-state index contributed by atoms with van der Waals surface area (Å²) >= 11 is 0. The molecule has 1 aliphatic carbocycles. The molecule has 7 nitrogen and oxygen atoms in total. The molecule has 2 aromatic carbocycles. The zero-order chi connectivity index (χ0) is 23.4. The first-order valence-electron chi connectivity index (χ1n) is 12.1. The van der Waals surface area contributed by atoms with Gasteiger partial charge >= 0.3 is 0 Å². The highest BCUT2D eigenvalue weighted by Gasteiger charge is 2.45. The zero-order valence-electron chi connectivity index (χ0n) is 19.9. The van der Waals surface area contributed by atoms with Crippen molar-refractivity contribution in [2.45, 2.75) is 50.3 Å². The van der Waals surface area contributed by atoms with Crippen LogP contribution in [0.4, 0.5) is 5.69 Å². The monoisotopic (exact) mass is 461 g/mol. The summed E-state index contributed by atoms with van der Waals surface area (Å²) in [6, 6.07) is 11.7. The molecule has 2 unspecified atom stereocenters. The van der Waals surface area contributed by atoms with E-state index in [1.54, 1.807) is 14.2 Å². The Morgan fingerprint density at radius 1 is 1.12 bits per heavy atom. The SMILES string of the molecule is COc1ccc2c(c1)C(=C1CC1)NC1(CCN(C(=O)C3Nc4c(OC)cccc4C3C)CC1)O2. The summed E-state index contributed by atoms with van der Waals surface area (Å²) in [5.41, 5.74) is 5.29. The van der Waals surface area contributed by atoms with Crippen molar-refractivity contribution in [3.05, 3.63) is 53.1 Å². The van der Waals surface area contributed by atoms with Gasteiger partial charge in [0.1, 0.15) is 23.3 Å². The van der Waals surface area contributed by atoms with E-state index in [-0.39, 0.29) is 17.9 Å². The molecular weight excluding hydrogens is 430 g/mol. The van der Waals surface area contributed by atoms with E-state index in [0.717, 1.165) is 59.7 Å². The van der Waals surface area contributed by atoms with Gasteiger partial charge in [-0.15, -0.1) is 0 Å². The maximum atomic E-state index is 13.5. The third kappa shape index (κ3) is 3.37. The fourth-order valence-corrected chi connectivity index (χ4v) is 5.54. The molecule has 1 spiro atoms. The number of hydrogen-bond donors (Lipinski definition) is 2. The molecule has 1 saturated carbocycles. The number of anilines is 1. The number of carbonyl (C=O) groups is 1. The van der Waals surface area contributed by atoms with Crippen molar-refractivity contribution >= 4 is 17.3 Å². The van der Waals surface area contributed by atoms with E-state index in [4.69, 9.17) is 14.2 Å². The molecule has 1 saturated heterocycles. The molecule has 34 heavy (non-hydrogen) atoms. The van der Waals surface area contributed by atoms with Crippen LogP contribution < -0.4 is 24.8 Å². The number of likely N-dealkylation sites (tertiary alicyclic amines) is 1. The summed E-state index contributed by atoms with van der Waals surface area (Å²) in [6.45, 7) is 3.41. The van der Waals surface area contributed by atoms with Crippen molar-refractivity contribution in [3.8, 4) is 17.2 Å². The molecule has 3 aliphatic heterocycles. The molecule has 178 valence electrons. The quantitative estimate of drug-likeness (QED) is 0.717. The fourth-order valence-electron chi connectivity index (χ4n) is 5.54. The van der Waals surface area contributed by atoms with Crippen molar-refractivity contribution in [2.24, 2.45) is 0 Å². The van der Waals surface area contributed by atoms with Crippen LogP contribution in [0.1, 0.15) is 49.7 Å². The van der Waals surface area contributed by atoms with Crippen molar-refractivity contribution in [2.75, 3.05) is 32.6 Å². The summed E-state index contributed by atoms with van der Waals surface area (Å²) in [5.74, 6) is 2.73. The van der Waals surface area contributed by atoms with Gasteiger partial charge in [0.2, 0.25) is 5.91 Å². The maximum absolute atomic E-state index is 13.5. The summed E-state index contributed by atoms with van der Waals surface area (Å²) in [5, 5.41) is 7.18. The Balaban J connectivity index is 1.19. The molecular formula is C27H31N3O4. The topological polar surface area (TPSA) is 72.1 Å². The molecule has 0 radical (unpaired) electrons. The average molecular weight is 462 g/mol. The standard InChI is InChI=1S/C27H31N3O4/c1-16-19-5-4-6-22(33-3)25(19)28-23(16)26(31)30-13-11-27(12-14-30)29-24(17-7-8-17)20-15-18(32-2)9-10-21(20)34-27/h4-6,9-10,15-16,23,28-29H,7-8,11-14H2,1-3H3. The number of hydrogen-bond acceptors (Lipinski definition) is 6. The van der Waals surface area contributed by atoms with Crippen molar-refractivity contribution in [3.63, 3.8) is 0 Å². The van der Waals surface area contributed by atoms with E-state index < -0.39 is 5.72 Å². The van der Waals surface area contributed by atoms with Gasteiger partial charge in [-0.05, 0) is 48.2 Å². The number of amides is 1. The molecule has 6 rings (SSSR count). The lowest BCUT2D eigenvalue weighted by molar-refractivity contribution is -0.136. The number of rotatable bonds is 3. The van der Waals surface area contributed by atoms with E-state index in [0.29, 0.717) is 13.1 Å². The predicted molar refractivity (Wildman–Crippen MR) is 130 cm³/mol. The normalized spacial score (nSPS) is 23.9. The number of nitrogens with one attached hydrogen (secondary N) is 2. The number of ether oxygens (including phenoxy) is 3. The van der Waals surface area contributed by atoms with Gasteiger partial charge in [0, 0.05) is 43.1 Å². The third-order valence-electron chi connectivity index (χ3n) is 7.69. The summed E-state index contributed by atoms with van der Waals surface area (Å²) in [6.07, 6.45) is 3.71. The highest BCUT2D eigenvalue weighted by Crippen LogP contribution is 2.46. The molecule has 1 amide bonds. The minimum Gasteiger partial charge on any atom is -0.497 e. The average Bonchev–Trinajstić information content (AvgIpc) is 3.66. The fraction of sp³-hybridized carbons (Fsp3) is 0.444. The van der Waals surface area contributed by atoms with Crippen LogP contribution in [-0.4, -0.2) is 49.9 Å². The second kappa shape index (κ2) is 7.86. The summed E-state index contributed by atoms with van der Waals surface area (Å²) in [7, 11) is 3.35. The van der Waals surface area contributed by atoms with Crippen LogP contribution in [-0.2, 0) is 4.79 Å². The van der Waals surface area contributed by atoms with Crippen molar-refractivity contribution in [1.82, 2.24) is 10.2 Å². The Morgan fingerprint density at radius 2 is 1.91 bits per heavy atom. The van der Waals surface area contributed by atoms with Crippen LogP contribution in [0.5, 0.6) is 17.2 Å². The molecule has 3 heterocycles. The first-order valence-corrected chi connectivity index (χ1v) is 12.1. The van der Waals surface area contributed by atoms with Gasteiger partial charge in [0.15, 0.2) is 5.72 Å². The second-order valence-electron chi connectivity index (χ2n) is 9.72. The van der Waals surface area contributed by atoms with Gasteiger partial charge in [0.05, 0.1) is 19.9 Å². The molecule has 7 heteroatoms. The zero-order valence-corrected chi connectivity index (χ0v) is 19.9. The number of allylic oxidation sites excluding steroid dienone is 1. The van der Waals surface area contributed by atoms with Crippen molar-refractivity contribution < 1.29 is 19.0 Å². The minimum atomic E-state index is -0.482. The number of methoxy groups -OCH3 is 2. The highest BCUT2D eigenvalue weighted by atomic mass is 16.5. The Bertz CT molecular complexity index is 1180. The second-order valence-corrected chi connectivity index (χ2v) is 9.72.